The van der Waals surface area contributed by atoms with Gasteiger partial charge in [-0.1, -0.05) is 6.92 Å². The summed E-state index contributed by atoms with van der Waals surface area (Å²) < 4.78 is 0. The SMILES string of the molecule is CCC(C)(C)N(C)C(=O)Nc1ccc(C(=O)O)nc1. The van der Waals surface area contributed by atoms with Crippen LogP contribution in [0.2, 0.25) is 0 Å². The molecule has 6 heteroatoms. The van der Waals surface area contributed by atoms with Gasteiger partial charge < -0.3 is 15.3 Å². The number of rotatable bonds is 4. The van der Waals surface area contributed by atoms with Crippen molar-refractivity contribution in [2.24, 2.45) is 0 Å². The molecule has 2 N–H and O–H groups in total. The lowest BCUT2D eigenvalue weighted by Crippen LogP contribution is -2.46. The van der Waals surface area contributed by atoms with Gasteiger partial charge in [0.1, 0.15) is 5.69 Å². The van der Waals surface area contributed by atoms with Gasteiger partial charge in [0.25, 0.3) is 0 Å². The summed E-state index contributed by atoms with van der Waals surface area (Å²) in [6, 6.07) is 2.61. The normalized spacial score (nSPS) is 10.9. The number of aromatic carboxylic acids is 1. The molecule has 0 unspecified atom stereocenters. The van der Waals surface area contributed by atoms with Gasteiger partial charge in [-0.3, -0.25) is 0 Å². The first-order valence-corrected chi connectivity index (χ1v) is 6.02. The molecule has 1 aromatic rings. The summed E-state index contributed by atoms with van der Waals surface area (Å²) in [4.78, 5) is 28.0. The number of urea groups is 1. The molecule has 1 rings (SSSR count). The number of carbonyl (C=O) groups excluding carboxylic acids is 1. The Hall–Kier alpha value is -2.11. The average Bonchev–Trinajstić information content (AvgIpc) is 2.38. The average molecular weight is 265 g/mol. The monoisotopic (exact) mass is 265 g/mol. The molecule has 0 fully saturated rings. The molecular weight excluding hydrogens is 246 g/mol. The molecule has 1 heterocycles. The van der Waals surface area contributed by atoms with Crippen molar-refractivity contribution in [2.45, 2.75) is 32.7 Å². The zero-order chi connectivity index (χ0) is 14.6. The van der Waals surface area contributed by atoms with Gasteiger partial charge in [-0.2, -0.15) is 0 Å². The van der Waals surface area contributed by atoms with Gasteiger partial charge in [0, 0.05) is 12.6 Å². The van der Waals surface area contributed by atoms with Gasteiger partial charge in [0.15, 0.2) is 0 Å². The van der Waals surface area contributed by atoms with Crippen LogP contribution < -0.4 is 5.32 Å². The van der Waals surface area contributed by atoms with Gasteiger partial charge in [0.2, 0.25) is 0 Å². The second-order valence-electron chi connectivity index (χ2n) is 4.89. The molecular formula is C13H19N3O3. The Morgan fingerprint density at radius 2 is 2.05 bits per heavy atom. The zero-order valence-electron chi connectivity index (χ0n) is 11.6. The fourth-order valence-corrected chi connectivity index (χ4v) is 1.31. The maximum atomic E-state index is 12.0. The van der Waals surface area contributed by atoms with Gasteiger partial charge in [-0.05, 0) is 32.4 Å². The van der Waals surface area contributed by atoms with E-state index in [1.807, 2.05) is 20.8 Å². The Kier molecular flexibility index (Phi) is 4.47. The minimum atomic E-state index is -1.10. The Labute approximate surface area is 112 Å². The Morgan fingerprint density at radius 3 is 2.47 bits per heavy atom. The second-order valence-corrected chi connectivity index (χ2v) is 4.89. The number of nitrogens with zero attached hydrogens (tertiary/aromatic N) is 2. The number of carboxylic acids is 1. The highest BCUT2D eigenvalue weighted by Gasteiger charge is 2.25. The van der Waals surface area contributed by atoms with E-state index >= 15 is 0 Å². The third-order valence-corrected chi connectivity index (χ3v) is 3.31. The molecule has 0 saturated carbocycles. The number of hydrogen-bond acceptors (Lipinski definition) is 3. The molecule has 19 heavy (non-hydrogen) atoms. The first-order valence-electron chi connectivity index (χ1n) is 6.02. The smallest absolute Gasteiger partial charge is 0.354 e. The third kappa shape index (κ3) is 3.67. The van der Waals surface area contributed by atoms with Gasteiger partial charge >= 0.3 is 12.0 Å². The van der Waals surface area contributed by atoms with E-state index in [0.29, 0.717) is 5.69 Å². The lowest BCUT2D eigenvalue weighted by atomic mass is 10.0. The van der Waals surface area contributed by atoms with E-state index in [-0.39, 0.29) is 17.3 Å². The maximum absolute atomic E-state index is 12.0. The van der Waals surface area contributed by atoms with Crippen LogP contribution in [0.5, 0.6) is 0 Å². The summed E-state index contributed by atoms with van der Waals surface area (Å²) in [5, 5.41) is 11.4. The predicted molar refractivity (Wildman–Crippen MR) is 72.3 cm³/mol. The van der Waals surface area contributed by atoms with Crippen LogP contribution in [-0.4, -0.2) is 39.6 Å². The Bertz CT molecular complexity index is 469. The molecule has 6 nitrogen and oxygen atoms in total. The summed E-state index contributed by atoms with van der Waals surface area (Å²) in [5.74, 6) is -1.10. The van der Waals surface area contributed by atoms with E-state index < -0.39 is 5.97 Å². The molecule has 0 aromatic carbocycles. The summed E-state index contributed by atoms with van der Waals surface area (Å²) in [5.41, 5.74) is 0.160. The number of aromatic nitrogens is 1. The van der Waals surface area contributed by atoms with Gasteiger partial charge in [-0.25, -0.2) is 14.6 Å². The van der Waals surface area contributed by atoms with Gasteiger partial charge in [0.05, 0.1) is 11.9 Å². The van der Waals surface area contributed by atoms with Crippen LogP contribution in [-0.2, 0) is 0 Å². The lowest BCUT2D eigenvalue weighted by Gasteiger charge is -2.34. The molecule has 0 spiro atoms. The van der Waals surface area contributed by atoms with Crippen molar-refractivity contribution in [3.63, 3.8) is 0 Å². The van der Waals surface area contributed by atoms with Crippen molar-refractivity contribution in [1.29, 1.82) is 0 Å². The fourth-order valence-electron chi connectivity index (χ4n) is 1.31. The maximum Gasteiger partial charge on any atom is 0.354 e. The molecule has 104 valence electrons. The first kappa shape index (κ1) is 14.9. The summed E-state index contributed by atoms with van der Waals surface area (Å²) >= 11 is 0. The molecule has 0 aliphatic heterocycles. The number of pyridine rings is 1. The first-order chi connectivity index (χ1) is 8.77. The number of amides is 2. The number of carboxylic acid groups (broad SMARTS) is 1. The van der Waals surface area contributed by atoms with Crippen LogP contribution in [0.15, 0.2) is 18.3 Å². The van der Waals surface area contributed by atoms with Crippen molar-refractivity contribution in [1.82, 2.24) is 9.88 Å². The number of carbonyl (C=O) groups is 2. The highest BCUT2D eigenvalue weighted by atomic mass is 16.4. The fraction of sp³-hybridized carbons (Fsp3) is 0.462. The molecule has 0 saturated heterocycles. The second kappa shape index (κ2) is 5.69. The zero-order valence-corrected chi connectivity index (χ0v) is 11.6. The molecule has 0 aliphatic carbocycles. The molecule has 1 aromatic heterocycles. The van der Waals surface area contributed by atoms with Crippen molar-refractivity contribution in [3.05, 3.63) is 24.0 Å². The molecule has 0 aliphatic rings. The summed E-state index contributed by atoms with van der Waals surface area (Å²) in [6.07, 6.45) is 2.15. The summed E-state index contributed by atoms with van der Waals surface area (Å²) in [7, 11) is 1.72. The van der Waals surface area contributed by atoms with Crippen molar-refractivity contribution in [3.8, 4) is 0 Å². The summed E-state index contributed by atoms with van der Waals surface area (Å²) in [6.45, 7) is 5.95. The van der Waals surface area contributed by atoms with E-state index in [1.54, 1.807) is 11.9 Å². The quantitative estimate of drug-likeness (QED) is 0.875. The topological polar surface area (TPSA) is 82.5 Å². The van der Waals surface area contributed by atoms with Crippen LogP contribution in [0.25, 0.3) is 0 Å². The van der Waals surface area contributed by atoms with Gasteiger partial charge in [-0.15, -0.1) is 0 Å². The predicted octanol–water partition coefficient (Wildman–Crippen LogP) is 2.43. The van der Waals surface area contributed by atoms with Crippen LogP contribution in [0.4, 0.5) is 10.5 Å². The number of hydrogen-bond donors (Lipinski definition) is 2. The number of nitrogens with one attached hydrogen (secondary N) is 1. The van der Waals surface area contributed by atoms with E-state index in [2.05, 4.69) is 10.3 Å². The van der Waals surface area contributed by atoms with E-state index in [4.69, 9.17) is 5.11 Å². The molecule has 2 amide bonds. The van der Waals surface area contributed by atoms with Crippen molar-refractivity contribution < 1.29 is 14.7 Å². The van der Waals surface area contributed by atoms with Crippen molar-refractivity contribution >= 4 is 17.7 Å². The highest BCUT2D eigenvalue weighted by molar-refractivity contribution is 5.90. The standard InChI is InChI=1S/C13H19N3O3/c1-5-13(2,3)16(4)12(19)15-9-6-7-10(11(17)18)14-8-9/h6-8H,5H2,1-4H3,(H,15,19)(H,17,18). The van der Waals surface area contributed by atoms with Crippen molar-refractivity contribution in [2.75, 3.05) is 12.4 Å². The molecule has 0 bridgehead atoms. The lowest BCUT2D eigenvalue weighted by molar-refractivity contribution is 0.0690. The van der Waals surface area contributed by atoms with Crippen LogP contribution >= 0.6 is 0 Å². The van der Waals surface area contributed by atoms with Crippen LogP contribution in [0.1, 0.15) is 37.7 Å². The van der Waals surface area contributed by atoms with E-state index in [9.17, 15) is 9.59 Å². The number of anilines is 1. The minimum absolute atomic E-state index is 0.0553. The highest BCUT2D eigenvalue weighted by Crippen LogP contribution is 2.17. The minimum Gasteiger partial charge on any atom is -0.477 e. The van der Waals surface area contributed by atoms with E-state index in [1.165, 1.54) is 18.3 Å². The molecule has 0 atom stereocenters. The third-order valence-electron chi connectivity index (χ3n) is 3.31. The largest absolute Gasteiger partial charge is 0.477 e. The molecule has 0 radical (unpaired) electrons. The Morgan fingerprint density at radius 1 is 1.42 bits per heavy atom. The van der Waals surface area contributed by atoms with Crippen LogP contribution in [0, 0.1) is 0 Å². The Balaban J connectivity index is 2.74. The van der Waals surface area contributed by atoms with Crippen LogP contribution in [0.3, 0.4) is 0 Å². The van der Waals surface area contributed by atoms with E-state index in [0.717, 1.165) is 6.42 Å².